The van der Waals surface area contributed by atoms with Gasteiger partial charge < -0.3 is 15.4 Å². The van der Waals surface area contributed by atoms with E-state index in [1.54, 1.807) is 7.11 Å². The smallest absolute Gasteiger partial charge is 0.191 e. The highest BCUT2D eigenvalue weighted by Gasteiger charge is 2.22. The topological polar surface area (TPSA) is 76.4 Å². The SMILES string of the molecule is CCNC(=NCCc1ccc(Cl)cc1)NC1CCc2nc(COC)nn2C1. The van der Waals surface area contributed by atoms with Gasteiger partial charge >= 0.3 is 0 Å². The fourth-order valence-corrected chi connectivity index (χ4v) is 3.26. The van der Waals surface area contributed by atoms with E-state index in [4.69, 9.17) is 21.3 Å². The molecule has 2 aromatic rings. The van der Waals surface area contributed by atoms with Crippen LogP contribution >= 0.6 is 11.6 Å². The van der Waals surface area contributed by atoms with Crippen molar-refractivity contribution in [2.45, 2.75) is 45.4 Å². The fourth-order valence-electron chi connectivity index (χ4n) is 3.13. The van der Waals surface area contributed by atoms with Crippen molar-refractivity contribution in [1.29, 1.82) is 0 Å². The van der Waals surface area contributed by atoms with E-state index in [1.165, 1.54) is 5.56 Å². The molecule has 1 unspecified atom stereocenters. The van der Waals surface area contributed by atoms with Crippen LogP contribution in [-0.4, -0.2) is 47.0 Å². The zero-order chi connectivity index (χ0) is 19.1. The highest BCUT2D eigenvalue weighted by molar-refractivity contribution is 6.30. The highest BCUT2D eigenvalue weighted by Crippen LogP contribution is 2.13. The Balaban J connectivity index is 1.56. The number of benzene rings is 1. The summed E-state index contributed by atoms with van der Waals surface area (Å²) in [4.78, 5) is 9.24. The van der Waals surface area contributed by atoms with Crippen molar-refractivity contribution in [3.63, 3.8) is 0 Å². The zero-order valence-corrected chi connectivity index (χ0v) is 16.7. The molecule has 1 atom stereocenters. The quantitative estimate of drug-likeness (QED) is 0.559. The van der Waals surface area contributed by atoms with Crippen LogP contribution in [0.3, 0.4) is 0 Å². The monoisotopic (exact) mass is 390 g/mol. The van der Waals surface area contributed by atoms with Crippen molar-refractivity contribution < 1.29 is 4.74 Å². The van der Waals surface area contributed by atoms with Crippen LogP contribution in [0.1, 0.15) is 30.6 Å². The number of fused-ring (bicyclic) bond motifs is 1. The molecule has 0 spiro atoms. The lowest BCUT2D eigenvalue weighted by atomic mass is 10.1. The van der Waals surface area contributed by atoms with Crippen molar-refractivity contribution in [2.24, 2.45) is 4.99 Å². The first-order valence-corrected chi connectivity index (χ1v) is 9.76. The van der Waals surface area contributed by atoms with Crippen LogP contribution in [0.2, 0.25) is 5.02 Å². The predicted molar refractivity (Wildman–Crippen MR) is 107 cm³/mol. The number of rotatable bonds is 7. The number of aryl methyl sites for hydroxylation is 1. The van der Waals surface area contributed by atoms with Crippen molar-refractivity contribution in [1.82, 2.24) is 25.4 Å². The largest absolute Gasteiger partial charge is 0.377 e. The van der Waals surface area contributed by atoms with Gasteiger partial charge in [-0.2, -0.15) is 5.10 Å². The van der Waals surface area contributed by atoms with E-state index in [-0.39, 0.29) is 6.04 Å². The molecule has 0 aliphatic carbocycles. The second-order valence-corrected chi connectivity index (χ2v) is 7.01. The molecular formula is C19H27ClN6O. The summed E-state index contributed by atoms with van der Waals surface area (Å²) in [6.45, 7) is 4.85. The summed E-state index contributed by atoms with van der Waals surface area (Å²) in [7, 11) is 1.66. The Kier molecular flexibility index (Phi) is 7.06. The van der Waals surface area contributed by atoms with E-state index in [2.05, 4.69) is 27.6 Å². The minimum atomic E-state index is 0.280. The Morgan fingerprint density at radius 3 is 2.93 bits per heavy atom. The lowest BCUT2D eigenvalue weighted by Gasteiger charge is -2.25. The van der Waals surface area contributed by atoms with Crippen LogP contribution in [0.5, 0.6) is 0 Å². The third-order valence-electron chi connectivity index (χ3n) is 4.44. The van der Waals surface area contributed by atoms with Gasteiger partial charge in [0.1, 0.15) is 12.4 Å². The summed E-state index contributed by atoms with van der Waals surface area (Å²) in [6.07, 6.45) is 2.79. The van der Waals surface area contributed by atoms with Crippen molar-refractivity contribution in [2.75, 3.05) is 20.2 Å². The maximum atomic E-state index is 5.93. The summed E-state index contributed by atoms with van der Waals surface area (Å²) in [6, 6.07) is 8.20. The molecule has 0 amide bonds. The lowest BCUT2D eigenvalue weighted by molar-refractivity contribution is 0.177. The Labute approximate surface area is 165 Å². The first-order valence-electron chi connectivity index (χ1n) is 9.38. The third kappa shape index (κ3) is 5.68. The Morgan fingerprint density at radius 1 is 1.37 bits per heavy atom. The molecule has 3 rings (SSSR count). The highest BCUT2D eigenvalue weighted by atomic mass is 35.5. The van der Waals surface area contributed by atoms with Crippen LogP contribution in [0.15, 0.2) is 29.3 Å². The molecule has 0 saturated heterocycles. The van der Waals surface area contributed by atoms with E-state index >= 15 is 0 Å². The summed E-state index contributed by atoms with van der Waals surface area (Å²) in [5.41, 5.74) is 1.23. The molecule has 1 aromatic carbocycles. The molecule has 2 heterocycles. The van der Waals surface area contributed by atoms with Gasteiger partial charge in [-0.15, -0.1) is 0 Å². The Morgan fingerprint density at radius 2 is 2.19 bits per heavy atom. The average molecular weight is 391 g/mol. The fraction of sp³-hybridized carbons (Fsp3) is 0.526. The van der Waals surface area contributed by atoms with Crippen LogP contribution < -0.4 is 10.6 Å². The van der Waals surface area contributed by atoms with Gasteiger partial charge in [0.15, 0.2) is 11.8 Å². The number of methoxy groups -OCH3 is 1. The van der Waals surface area contributed by atoms with Gasteiger partial charge in [0, 0.05) is 37.7 Å². The molecule has 27 heavy (non-hydrogen) atoms. The van der Waals surface area contributed by atoms with Crippen molar-refractivity contribution in [3.8, 4) is 0 Å². The third-order valence-corrected chi connectivity index (χ3v) is 4.70. The standard InChI is InChI=1S/C19H27ClN6O/c1-3-21-19(22-11-10-14-4-6-15(20)7-5-14)23-16-8-9-18-24-17(13-27-2)25-26(18)12-16/h4-7,16H,3,8-13H2,1-2H3,(H2,21,22,23). The van der Waals surface area contributed by atoms with Crippen LogP contribution in [-0.2, 0) is 30.7 Å². The van der Waals surface area contributed by atoms with Gasteiger partial charge in [-0.1, -0.05) is 23.7 Å². The lowest BCUT2D eigenvalue weighted by Crippen LogP contribution is -2.47. The number of guanidine groups is 1. The van der Waals surface area contributed by atoms with Gasteiger partial charge in [0.05, 0.1) is 6.54 Å². The number of nitrogens with one attached hydrogen (secondary N) is 2. The minimum absolute atomic E-state index is 0.280. The summed E-state index contributed by atoms with van der Waals surface area (Å²) < 4.78 is 7.10. The van der Waals surface area contributed by atoms with Crippen LogP contribution in [0.4, 0.5) is 0 Å². The zero-order valence-electron chi connectivity index (χ0n) is 15.9. The Hall–Kier alpha value is -2.12. The normalized spacial score (nSPS) is 16.9. The average Bonchev–Trinajstić information content (AvgIpc) is 3.05. The second kappa shape index (κ2) is 9.71. The maximum absolute atomic E-state index is 5.93. The molecule has 0 fully saturated rings. The molecule has 8 heteroatoms. The molecular weight excluding hydrogens is 364 g/mol. The van der Waals surface area contributed by atoms with Gasteiger partial charge in [0.2, 0.25) is 0 Å². The molecule has 0 bridgehead atoms. The molecule has 2 N–H and O–H groups in total. The van der Waals surface area contributed by atoms with E-state index in [0.29, 0.717) is 6.61 Å². The van der Waals surface area contributed by atoms with Gasteiger partial charge in [-0.3, -0.25) is 4.99 Å². The Bertz CT molecular complexity index is 758. The molecule has 146 valence electrons. The summed E-state index contributed by atoms with van der Waals surface area (Å²) >= 11 is 5.93. The molecule has 1 aliphatic heterocycles. The first-order chi connectivity index (χ1) is 13.2. The predicted octanol–water partition coefficient (Wildman–Crippen LogP) is 2.19. The van der Waals surface area contributed by atoms with Crippen LogP contribution in [0.25, 0.3) is 0 Å². The summed E-state index contributed by atoms with van der Waals surface area (Å²) in [5, 5.41) is 12.1. The van der Waals surface area contributed by atoms with Gasteiger partial charge in [0.25, 0.3) is 0 Å². The van der Waals surface area contributed by atoms with Gasteiger partial charge in [-0.25, -0.2) is 9.67 Å². The number of halogens is 1. The van der Waals surface area contributed by atoms with E-state index in [9.17, 15) is 0 Å². The number of aliphatic imine (C=N–C) groups is 1. The van der Waals surface area contributed by atoms with Crippen molar-refractivity contribution >= 4 is 17.6 Å². The molecule has 1 aromatic heterocycles. The number of nitrogens with zero attached hydrogens (tertiary/aromatic N) is 4. The molecule has 0 saturated carbocycles. The maximum Gasteiger partial charge on any atom is 0.191 e. The first kappa shape index (κ1) is 19.6. The minimum Gasteiger partial charge on any atom is -0.377 e. The van der Waals surface area contributed by atoms with Crippen molar-refractivity contribution in [3.05, 3.63) is 46.5 Å². The number of hydrogen-bond acceptors (Lipinski definition) is 4. The number of ether oxygens (including phenoxy) is 1. The number of hydrogen-bond donors (Lipinski definition) is 2. The van der Waals surface area contributed by atoms with E-state index in [1.807, 2.05) is 28.9 Å². The van der Waals surface area contributed by atoms with Crippen LogP contribution in [0, 0.1) is 0 Å². The molecule has 0 radical (unpaired) electrons. The number of aromatic nitrogens is 3. The van der Waals surface area contributed by atoms with E-state index in [0.717, 1.165) is 61.5 Å². The second-order valence-electron chi connectivity index (χ2n) is 6.58. The van der Waals surface area contributed by atoms with E-state index < -0.39 is 0 Å². The molecule has 1 aliphatic rings. The van der Waals surface area contributed by atoms with Gasteiger partial charge in [-0.05, 0) is 37.5 Å². The summed E-state index contributed by atoms with van der Waals surface area (Å²) in [5.74, 6) is 2.62. The molecule has 7 nitrogen and oxygen atoms in total.